The third-order valence-corrected chi connectivity index (χ3v) is 4.56. The van der Waals surface area contributed by atoms with Gasteiger partial charge in [0.05, 0.1) is 5.56 Å². The number of halogens is 3. The lowest BCUT2D eigenvalue weighted by Crippen LogP contribution is -1.92. The van der Waals surface area contributed by atoms with E-state index in [1.807, 2.05) is 31.2 Å². The van der Waals surface area contributed by atoms with Gasteiger partial charge in [0.15, 0.2) is 0 Å². The molecular formula is C25H15F3. The third-order valence-electron chi connectivity index (χ3n) is 4.56. The number of hydrogen-bond acceptors (Lipinski definition) is 0. The molecule has 0 saturated heterocycles. The molecule has 0 N–H and O–H groups in total. The summed E-state index contributed by atoms with van der Waals surface area (Å²) in [6.07, 6.45) is 0. The van der Waals surface area contributed by atoms with Crippen LogP contribution < -0.4 is 0 Å². The largest absolute Gasteiger partial charge is 0.207 e. The van der Waals surface area contributed by atoms with E-state index >= 15 is 0 Å². The van der Waals surface area contributed by atoms with Gasteiger partial charge in [0, 0.05) is 5.56 Å². The lowest BCUT2D eigenvalue weighted by Gasteiger charge is -2.05. The SMILES string of the molecule is Cc1ccc(-c2cc(F)c(C#Cc3ccc4cc(F)ccc4c3)c(F)c2)cc1. The summed E-state index contributed by atoms with van der Waals surface area (Å²) < 4.78 is 42.2. The first kappa shape index (κ1) is 17.9. The van der Waals surface area contributed by atoms with Gasteiger partial charge >= 0.3 is 0 Å². The van der Waals surface area contributed by atoms with Gasteiger partial charge in [-0.15, -0.1) is 0 Å². The standard InChI is InChI=1S/C25H15F3/c1-16-2-6-18(7-3-16)21-14-24(27)23(25(28)15-21)11-5-17-4-8-20-13-22(26)10-9-19(20)12-17/h2-4,6-10,12-15H,1H3. The highest BCUT2D eigenvalue weighted by Gasteiger charge is 2.10. The molecule has 0 nitrogen and oxygen atoms in total. The van der Waals surface area contributed by atoms with Crippen molar-refractivity contribution < 1.29 is 13.2 Å². The quantitative estimate of drug-likeness (QED) is 0.329. The van der Waals surface area contributed by atoms with Crippen LogP contribution in [0.1, 0.15) is 16.7 Å². The van der Waals surface area contributed by atoms with Gasteiger partial charge in [-0.3, -0.25) is 0 Å². The van der Waals surface area contributed by atoms with Crippen molar-refractivity contribution in [1.82, 2.24) is 0 Å². The molecule has 0 aliphatic carbocycles. The summed E-state index contributed by atoms with van der Waals surface area (Å²) in [5.74, 6) is 3.66. The fourth-order valence-electron chi connectivity index (χ4n) is 3.03. The van der Waals surface area contributed by atoms with Gasteiger partial charge in [-0.2, -0.15) is 0 Å². The molecule has 0 saturated carbocycles. The first-order chi connectivity index (χ1) is 13.5. The number of fused-ring (bicyclic) bond motifs is 1. The van der Waals surface area contributed by atoms with Crippen molar-refractivity contribution in [2.75, 3.05) is 0 Å². The predicted molar refractivity (Wildman–Crippen MR) is 106 cm³/mol. The van der Waals surface area contributed by atoms with E-state index in [2.05, 4.69) is 11.8 Å². The topological polar surface area (TPSA) is 0 Å². The summed E-state index contributed by atoms with van der Waals surface area (Å²) in [6, 6.07) is 19.7. The number of benzene rings is 4. The van der Waals surface area contributed by atoms with Gasteiger partial charge in [-0.25, -0.2) is 13.2 Å². The van der Waals surface area contributed by atoms with Gasteiger partial charge in [-0.1, -0.05) is 53.8 Å². The molecule has 4 aromatic carbocycles. The Morgan fingerprint density at radius 2 is 1.25 bits per heavy atom. The maximum absolute atomic E-state index is 14.5. The summed E-state index contributed by atoms with van der Waals surface area (Å²) in [7, 11) is 0. The Morgan fingerprint density at radius 3 is 1.96 bits per heavy atom. The number of hydrogen-bond donors (Lipinski definition) is 0. The molecule has 0 amide bonds. The Labute approximate surface area is 161 Å². The minimum atomic E-state index is -0.703. The lowest BCUT2D eigenvalue weighted by atomic mass is 10.0. The van der Waals surface area contributed by atoms with Crippen LogP contribution in [0.2, 0.25) is 0 Å². The lowest BCUT2D eigenvalue weighted by molar-refractivity contribution is 0.578. The Hall–Kier alpha value is -3.51. The molecule has 0 atom stereocenters. The molecule has 3 heteroatoms. The van der Waals surface area contributed by atoms with E-state index in [4.69, 9.17) is 0 Å². The van der Waals surface area contributed by atoms with Crippen molar-refractivity contribution in [2.45, 2.75) is 6.92 Å². The highest BCUT2D eigenvalue weighted by atomic mass is 19.1. The van der Waals surface area contributed by atoms with Crippen molar-refractivity contribution in [3.8, 4) is 23.0 Å². The second-order valence-electron chi connectivity index (χ2n) is 6.64. The van der Waals surface area contributed by atoms with Gasteiger partial charge in [-0.05, 0) is 65.2 Å². The zero-order valence-electron chi connectivity index (χ0n) is 15.1. The second-order valence-corrected chi connectivity index (χ2v) is 6.64. The molecule has 4 aromatic rings. The number of aryl methyl sites for hydroxylation is 1. The van der Waals surface area contributed by atoms with E-state index in [1.54, 1.807) is 24.3 Å². The van der Waals surface area contributed by atoms with Crippen LogP contribution >= 0.6 is 0 Å². The summed E-state index contributed by atoms with van der Waals surface area (Å²) in [4.78, 5) is 0. The van der Waals surface area contributed by atoms with Gasteiger partial charge in [0.1, 0.15) is 17.5 Å². The number of rotatable bonds is 1. The molecule has 0 aromatic heterocycles. The fourth-order valence-corrected chi connectivity index (χ4v) is 3.03. The average Bonchev–Trinajstić information content (AvgIpc) is 2.68. The van der Waals surface area contributed by atoms with Crippen LogP contribution in [0.5, 0.6) is 0 Å². The Balaban J connectivity index is 1.69. The van der Waals surface area contributed by atoms with E-state index in [9.17, 15) is 13.2 Å². The van der Waals surface area contributed by atoms with E-state index in [1.165, 1.54) is 24.3 Å². The first-order valence-corrected chi connectivity index (χ1v) is 8.77. The Bertz CT molecular complexity index is 1220. The molecule has 0 spiro atoms. The Morgan fingerprint density at radius 1 is 0.607 bits per heavy atom. The molecule has 0 unspecified atom stereocenters. The maximum Gasteiger partial charge on any atom is 0.142 e. The summed E-state index contributed by atoms with van der Waals surface area (Å²) >= 11 is 0. The molecule has 0 aliphatic heterocycles. The van der Waals surface area contributed by atoms with E-state index in [0.29, 0.717) is 11.1 Å². The van der Waals surface area contributed by atoms with Crippen LogP contribution in [0.4, 0.5) is 13.2 Å². The van der Waals surface area contributed by atoms with Crippen molar-refractivity contribution in [3.63, 3.8) is 0 Å². The molecule has 136 valence electrons. The van der Waals surface area contributed by atoms with Crippen LogP contribution in [-0.4, -0.2) is 0 Å². The highest BCUT2D eigenvalue weighted by molar-refractivity contribution is 5.84. The van der Waals surface area contributed by atoms with E-state index in [0.717, 1.165) is 21.9 Å². The molecule has 0 heterocycles. The van der Waals surface area contributed by atoms with Crippen molar-refractivity contribution in [2.24, 2.45) is 0 Å². The zero-order valence-corrected chi connectivity index (χ0v) is 15.1. The third kappa shape index (κ3) is 3.63. The molecule has 0 radical (unpaired) electrons. The smallest absolute Gasteiger partial charge is 0.142 e. The summed E-state index contributed by atoms with van der Waals surface area (Å²) in [6.45, 7) is 1.95. The van der Waals surface area contributed by atoms with Crippen LogP contribution in [-0.2, 0) is 0 Å². The fraction of sp³-hybridized carbons (Fsp3) is 0.0400. The summed E-state index contributed by atoms with van der Waals surface area (Å²) in [5, 5.41) is 1.55. The van der Waals surface area contributed by atoms with Crippen LogP contribution in [0.3, 0.4) is 0 Å². The van der Waals surface area contributed by atoms with Crippen molar-refractivity contribution >= 4 is 10.8 Å². The van der Waals surface area contributed by atoms with Crippen LogP contribution in [0, 0.1) is 36.2 Å². The molecule has 4 rings (SSSR count). The van der Waals surface area contributed by atoms with Gasteiger partial charge < -0.3 is 0 Å². The zero-order chi connectivity index (χ0) is 19.7. The monoisotopic (exact) mass is 372 g/mol. The van der Waals surface area contributed by atoms with Crippen molar-refractivity contribution in [1.29, 1.82) is 0 Å². The van der Waals surface area contributed by atoms with Crippen LogP contribution in [0.15, 0.2) is 72.8 Å². The molecule has 28 heavy (non-hydrogen) atoms. The van der Waals surface area contributed by atoms with Crippen molar-refractivity contribution in [3.05, 3.63) is 107 Å². The highest BCUT2D eigenvalue weighted by Crippen LogP contribution is 2.25. The molecule has 0 bridgehead atoms. The first-order valence-electron chi connectivity index (χ1n) is 8.77. The summed E-state index contributed by atoms with van der Waals surface area (Å²) in [5.41, 5.74) is 2.61. The van der Waals surface area contributed by atoms with Gasteiger partial charge in [0.2, 0.25) is 0 Å². The molecule has 0 fully saturated rings. The minimum Gasteiger partial charge on any atom is -0.207 e. The van der Waals surface area contributed by atoms with Crippen LogP contribution in [0.25, 0.3) is 21.9 Å². The van der Waals surface area contributed by atoms with E-state index in [-0.39, 0.29) is 11.4 Å². The second kappa shape index (κ2) is 7.25. The molecular weight excluding hydrogens is 357 g/mol. The predicted octanol–water partition coefficient (Wildman–Crippen LogP) is 6.63. The normalized spacial score (nSPS) is 10.6. The molecule has 0 aliphatic rings. The maximum atomic E-state index is 14.5. The average molecular weight is 372 g/mol. The van der Waals surface area contributed by atoms with Gasteiger partial charge in [0.25, 0.3) is 0 Å². The Kier molecular flexibility index (Phi) is 4.63. The van der Waals surface area contributed by atoms with E-state index < -0.39 is 11.6 Å². The minimum absolute atomic E-state index is 0.268.